The van der Waals surface area contributed by atoms with Crippen LogP contribution in [0.15, 0.2) is 97.1 Å². The molecule has 0 radical (unpaired) electrons. The Labute approximate surface area is 393 Å². The number of aromatic nitrogens is 4. The van der Waals surface area contributed by atoms with Crippen molar-refractivity contribution in [3.63, 3.8) is 0 Å². The Morgan fingerprint density at radius 2 is 0.855 bits per heavy atom. The Bertz CT molecular complexity index is 3170. The summed E-state index contributed by atoms with van der Waals surface area (Å²) < 4.78 is 1.15. The van der Waals surface area contributed by atoms with E-state index in [0.29, 0.717) is 0 Å². The average Bonchev–Trinajstić information content (AvgIpc) is 4.03. The number of fused-ring (bicyclic) bond motifs is 8. The van der Waals surface area contributed by atoms with Gasteiger partial charge in [0.2, 0.25) is 0 Å². The first-order chi connectivity index (χ1) is 29.2. The fourth-order valence-corrected chi connectivity index (χ4v) is 10.1. The number of aryl methyl sites for hydroxylation is 6. The van der Waals surface area contributed by atoms with E-state index in [2.05, 4.69) is 217 Å². The van der Waals surface area contributed by atoms with Gasteiger partial charge in [-0.15, -0.1) is 27.6 Å². The van der Waals surface area contributed by atoms with Crippen LogP contribution >= 0.6 is 22.6 Å². The van der Waals surface area contributed by atoms with E-state index in [-0.39, 0.29) is 19.5 Å². The van der Waals surface area contributed by atoms with Crippen molar-refractivity contribution >= 4 is 77.0 Å². The largest absolute Gasteiger partial charge is 2.00 e. The molecule has 4 aromatic carbocycles. The maximum absolute atomic E-state index is 5.55. The molecule has 7 heteroatoms. The molecule has 0 amide bonds. The van der Waals surface area contributed by atoms with Crippen LogP contribution in [-0.4, -0.2) is 18.0 Å². The molecule has 3 aromatic heterocycles. The first-order valence-corrected chi connectivity index (χ1v) is 25.4. The maximum Gasteiger partial charge on any atom is 2.00 e. The van der Waals surface area contributed by atoms with Gasteiger partial charge >= 0.3 is 19.5 Å². The molecule has 5 heterocycles. The zero-order valence-corrected chi connectivity index (χ0v) is 43.0. The van der Waals surface area contributed by atoms with Crippen LogP contribution in [0.5, 0.6) is 0 Å². The van der Waals surface area contributed by atoms with Crippen molar-refractivity contribution in [3.8, 4) is 56.0 Å². The van der Waals surface area contributed by atoms with Crippen molar-refractivity contribution in [1.82, 2.24) is 19.9 Å². The van der Waals surface area contributed by atoms with Crippen LogP contribution in [0, 0.1) is 56.6 Å². The smallest absolute Gasteiger partial charge is 0.657 e. The molecule has 9 rings (SSSR count). The Morgan fingerprint density at radius 3 is 1.27 bits per heavy atom. The molecule has 0 aliphatic carbocycles. The zero-order valence-electron chi connectivity index (χ0n) is 36.9. The molecule has 8 bridgehead atoms. The average molecular weight is 984 g/mol. The third-order valence-corrected chi connectivity index (χ3v) is 12.9. The molecular weight excluding hydrogens is 937 g/mol. The van der Waals surface area contributed by atoms with Gasteiger partial charge in [0, 0.05) is 9.13 Å². The number of rotatable bonds is 4. The van der Waals surface area contributed by atoms with E-state index in [1.165, 1.54) is 33.4 Å². The van der Waals surface area contributed by atoms with Gasteiger partial charge in [-0.1, -0.05) is 109 Å². The fourth-order valence-electron chi connectivity index (χ4n) is 9.00. The quantitative estimate of drug-likeness (QED) is 0.100. The minimum absolute atomic E-state index is 0. The van der Waals surface area contributed by atoms with E-state index in [1.54, 1.807) is 0 Å². The second kappa shape index (κ2) is 17.1. The Morgan fingerprint density at radius 1 is 0.468 bits per heavy atom. The van der Waals surface area contributed by atoms with E-state index < -0.39 is 8.07 Å². The predicted molar refractivity (Wildman–Crippen MR) is 270 cm³/mol. The van der Waals surface area contributed by atoms with Gasteiger partial charge in [-0.2, -0.15) is 0 Å². The molecule has 0 saturated carbocycles. The van der Waals surface area contributed by atoms with Gasteiger partial charge in [-0.25, -0.2) is 9.97 Å². The Balaban J connectivity index is 0.00000529. The summed E-state index contributed by atoms with van der Waals surface area (Å²) in [5, 5.41) is 0. The summed E-state index contributed by atoms with van der Waals surface area (Å²) in [4.78, 5) is 22.1. The van der Waals surface area contributed by atoms with Gasteiger partial charge in [0.25, 0.3) is 0 Å². The van der Waals surface area contributed by atoms with Gasteiger partial charge < -0.3 is 9.97 Å². The topological polar surface area (TPSA) is 54.0 Å². The molecule has 0 spiro atoms. The summed E-state index contributed by atoms with van der Waals surface area (Å²) in [5.74, 6) is 3.50. The molecule has 2 aliphatic rings. The second-order valence-electron chi connectivity index (χ2n) is 17.5. The van der Waals surface area contributed by atoms with E-state index in [4.69, 9.17) is 19.9 Å². The molecule has 0 fully saturated rings. The van der Waals surface area contributed by atoms with E-state index in [9.17, 15) is 0 Å². The monoisotopic (exact) mass is 982 g/mol. The van der Waals surface area contributed by atoms with E-state index in [0.717, 1.165) is 98.5 Å². The van der Waals surface area contributed by atoms with Crippen molar-refractivity contribution in [2.24, 2.45) is 0 Å². The molecule has 62 heavy (non-hydrogen) atoms. The maximum atomic E-state index is 5.55. The SMILES string of the molecule is Cc1cc(C)c(-c2c3nc(c(-c4cccc(C#C[Si](C)(C)C)c4)c4ccc([n-]4)c(-c4c(C)cc(C)cc4C)c4nc(c(-c5cccc(I)c5)c5ccc2[n-]5)C=C4)C=C3)c(C)c1.[Zn+2]. The van der Waals surface area contributed by atoms with Crippen molar-refractivity contribution < 1.29 is 19.5 Å². The second-order valence-corrected chi connectivity index (χ2v) is 23.5. The van der Waals surface area contributed by atoms with E-state index >= 15 is 0 Å². The molecule has 4 nitrogen and oxygen atoms in total. The van der Waals surface area contributed by atoms with Crippen molar-refractivity contribution in [2.45, 2.75) is 61.2 Å². The predicted octanol–water partition coefficient (Wildman–Crippen LogP) is 14.3. The molecule has 7 aromatic rings. The summed E-state index contributed by atoms with van der Waals surface area (Å²) in [7, 11) is -1.61. The van der Waals surface area contributed by atoms with Crippen LogP contribution in [0.4, 0.5) is 0 Å². The summed E-state index contributed by atoms with van der Waals surface area (Å²) in [5.41, 5.74) is 27.0. The third-order valence-electron chi connectivity index (χ3n) is 11.3. The summed E-state index contributed by atoms with van der Waals surface area (Å²) >= 11 is 2.39. The van der Waals surface area contributed by atoms with Crippen molar-refractivity contribution in [2.75, 3.05) is 0 Å². The summed E-state index contributed by atoms with van der Waals surface area (Å²) in [6.45, 7) is 19.9. The molecule has 0 atom stereocenters. The van der Waals surface area contributed by atoms with Crippen LogP contribution in [0.2, 0.25) is 19.6 Å². The Kier molecular flexibility index (Phi) is 11.9. The standard InChI is InChI=1S/C55H47IN4Si.Zn/c1-32-26-34(3)50(35(4)27-32)54-46-20-16-42(57-46)52(39-13-10-12-38(30-39)24-25-61(7,8)9)43-17-21-47(58-43)55(51-36(5)28-33(2)29-37(51)6)49-23-19-45(60-49)53(44-18-22-48(54)59-44)40-14-11-15-41(56)31-40;/h10-23,26-31H,1-9H3;/q-2;+2. The first kappa shape index (κ1) is 43.3. The molecular formula is C55H47IN4SiZn. The normalized spacial score (nSPS) is 12.0. The Hall–Kier alpha value is -5.39. The first-order valence-electron chi connectivity index (χ1n) is 20.8. The minimum Gasteiger partial charge on any atom is -0.657 e. The molecule has 2 aliphatic heterocycles. The fraction of sp³-hybridized carbons (Fsp3) is 0.164. The van der Waals surface area contributed by atoms with E-state index in [1.807, 2.05) is 0 Å². The number of hydrogen-bond donors (Lipinski definition) is 0. The van der Waals surface area contributed by atoms with Crippen molar-refractivity contribution in [1.29, 1.82) is 0 Å². The molecule has 0 saturated heterocycles. The van der Waals surface area contributed by atoms with Gasteiger partial charge in [0.1, 0.15) is 8.07 Å². The van der Waals surface area contributed by atoms with Gasteiger partial charge in [0.15, 0.2) is 0 Å². The van der Waals surface area contributed by atoms with Gasteiger partial charge in [0.05, 0.1) is 22.8 Å². The molecule has 0 N–H and O–H groups in total. The zero-order chi connectivity index (χ0) is 42.7. The van der Waals surface area contributed by atoms with Gasteiger partial charge in [-0.3, -0.25) is 0 Å². The summed E-state index contributed by atoms with van der Waals surface area (Å²) in [6, 6.07) is 34.8. The molecule has 0 unspecified atom stereocenters. The van der Waals surface area contributed by atoms with Crippen LogP contribution in [-0.2, 0) is 19.5 Å². The minimum atomic E-state index is -1.61. The van der Waals surface area contributed by atoms with Gasteiger partial charge in [-0.05, 0) is 179 Å². The van der Waals surface area contributed by atoms with Crippen LogP contribution < -0.4 is 9.97 Å². The molecule has 300 valence electrons. The number of hydrogen-bond acceptors (Lipinski definition) is 2. The van der Waals surface area contributed by atoms with Crippen LogP contribution in [0.25, 0.3) is 90.9 Å². The van der Waals surface area contributed by atoms with Crippen LogP contribution in [0.3, 0.4) is 0 Å². The number of nitrogens with zero attached hydrogens (tertiary/aromatic N) is 4. The number of benzene rings is 4. The number of halogens is 1. The third kappa shape index (κ3) is 8.41. The van der Waals surface area contributed by atoms with Crippen molar-refractivity contribution in [3.05, 3.63) is 162 Å². The summed E-state index contributed by atoms with van der Waals surface area (Å²) in [6.07, 6.45) is 8.60. The van der Waals surface area contributed by atoms with Crippen LogP contribution in [0.1, 0.15) is 61.7 Å².